The minimum Gasteiger partial charge on any atom is -0.490 e. The quantitative estimate of drug-likeness (QED) is 0.532. The Labute approximate surface area is 121 Å². The molecule has 0 aliphatic heterocycles. The van der Waals surface area contributed by atoms with Crippen molar-refractivity contribution in [2.45, 2.75) is 0 Å². The number of hydrogen-bond donors (Lipinski definition) is 0. The van der Waals surface area contributed by atoms with Gasteiger partial charge in [0, 0.05) is 6.07 Å². The van der Waals surface area contributed by atoms with E-state index in [9.17, 15) is 4.79 Å². The van der Waals surface area contributed by atoms with E-state index >= 15 is 0 Å². The Kier molecular flexibility index (Phi) is 3.87. The second-order valence-corrected chi connectivity index (χ2v) is 4.43. The molecule has 0 radical (unpaired) electrons. The van der Waals surface area contributed by atoms with E-state index in [1.807, 2.05) is 36.4 Å². The Hall–Kier alpha value is -2.75. The molecule has 0 atom stereocenters. The maximum Gasteiger partial charge on any atom is 0.336 e. The number of hydrogen-bond acceptors (Lipinski definition) is 4. The summed E-state index contributed by atoms with van der Waals surface area (Å²) in [6.45, 7) is 0.852. The third kappa shape index (κ3) is 3.23. The van der Waals surface area contributed by atoms with E-state index in [0.717, 1.165) is 11.1 Å². The second-order valence-electron chi connectivity index (χ2n) is 4.43. The summed E-state index contributed by atoms with van der Waals surface area (Å²) < 4.78 is 16.4. The van der Waals surface area contributed by atoms with Gasteiger partial charge in [0.25, 0.3) is 0 Å². The molecule has 4 nitrogen and oxygen atoms in total. The van der Waals surface area contributed by atoms with Crippen LogP contribution in [0.15, 0.2) is 69.9 Å². The molecule has 0 aliphatic rings. The van der Waals surface area contributed by atoms with Crippen LogP contribution < -0.4 is 15.1 Å². The molecule has 3 aromatic rings. The van der Waals surface area contributed by atoms with Crippen LogP contribution >= 0.6 is 0 Å². The van der Waals surface area contributed by atoms with Crippen molar-refractivity contribution in [3.63, 3.8) is 0 Å². The first kappa shape index (κ1) is 13.2. The van der Waals surface area contributed by atoms with Crippen molar-refractivity contribution in [2.75, 3.05) is 13.2 Å². The van der Waals surface area contributed by atoms with Crippen molar-refractivity contribution in [2.24, 2.45) is 0 Å². The van der Waals surface area contributed by atoms with Gasteiger partial charge in [-0.15, -0.1) is 0 Å². The van der Waals surface area contributed by atoms with E-state index in [2.05, 4.69) is 0 Å². The van der Waals surface area contributed by atoms with Gasteiger partial charge in [-0.1, -0.05) is 24.3 Å². The molecular formula is C17H14O4. The van der Waals surface area contributed by atoms with Crippen LogP contribution in [0.3, 0.4) is 0 Å². The summed E-state index contributed by atoms with van der Waals surface area (Å²) in [5.74, 6) is 1.48. The van der Waals surface area contributed by atoms with Gasteiger partial charge >= 0.3 is 5.63 Å². The van der Waals surface area contributed by atoms with E-state index in [1.165, 1.54) is 6.07 Å². The van der Waals surface area contributed by atoms with Crippen LogP contribution in [0.1, 0.15) is 0 Å². The minimum absolute atomic E-state index is 0.368. The zero-order valence-corrected chi connectivity index (χ0v) is 11.3. The Balaban J connectivity index is 1.64. The monoisotopic (exact) mass is 282 g/mol. The summed E-state index contributed by atoms with van der Waals surface area (Å²) in [7, 11) is 0. The Morgan fingerprint density at radius 2 is 1.62 bits per heavy atom. The molecule has 2 aromatic carbocycles. The zero-order chi connectivity index (χ0) is 14.5. The van der Waals surface area contributed by atoms with Crippen molar-refractivity contribution in [1.29, 1.82) is 0 Å². The summed E-state index contributed by atoms with van der Waals surface area (Å²) in [4.78, 5) is 11.2. The Morgan fingerprint density at radius 1 is 0.810 bits per heavy atom. The van der Waals surface area contributed by atoms with Gasteiger partial charge in [0.2, 0.25) is 0 Å². The van der Waals surface area contributed by atoms with Crippen LogP contribution in [0.25, 0.3) is 11.0 Å². The van der Waals surface area contributed by atoms with Crippen molar-refractivity contribution in [3.8, 4) is 11.5 Å². The molecule has 4 heteroatoms. The fraction of sp³-hybridized carbons (Fsp3) is 0.118. The van der Waals surface area contributed by atoms with Crippen LogP contribution in [0, 0.1) is 0 Å². The molecule has 0 spiro atoms. The summed E-state index contributed by atoms with van der Waals surface area (Å²) >= 11 is 0. The summed E-state index contributed by atoms with van der Waals surface area (Å²) in [6, 6.07) is 18.0. The number of fused-ring (bicyclic) bond motifs is 1. The first-order valence-corrected chi connectivity index (χ1v) is 6.66. The Morgan fingerprint density at radius 3 is 2.48 bits per heavy atom. The van der Waals surface area contributed by atoms with Crippen LogP contribution in [0.4, 0.5) is 0 Å². The van der Waals surface area contributed by atoms with Gasteiger partial charge in [-0.3, -0.25) is 0 Å². The highest BCUT2D eigenvalue weighted by Gasteiger charge is 2.04. The molecule has 106 valence electrons. The largest absolute Gasteiger partial charge is 0.490 e. The average Bonchev–Trinajstić information content (AvgIpc) is 2.52. The van der Waals surface area contributed by atoms with Gasteiger partial charge in [-0.2, -0.15) is 0 Å². The predicted octanol–water partition coefficient (Wildman–Crippen LogP) is 3.25. The lowest BCUT2D eigenvalue weighted by molar-refractivity contribution is 0.218. The molecular weight excluding hydrogens is 268 g/mol. The van der Waals surface area contributed by atoms with Crippen LogP contribution in [0.5, 0.6) is 11.5 Å². The van der Waals surface area contributed by atoms with Crippen LogP contribution in [-0.4, -0.2) is 13.2 Å². The molecule has 0 unspecified atom stereocenters. The van der Waals surface area contributed by atoms with Crippen molar-refractivity contribution in [3.05, 3.63) is 71.1 Å². The first-order chi connectivity index (χ1) is 10.3. The van der Waals surface area contributed by atoms with Crippen molar-refractivity contribution in [1.82, 2.24) is 0 Å². The molecule has 3 rings (SSSR count). The highest BCUT2D eigenvalue weighted by molar-refractivity contribution is 5.83. The van der Waals surface area contributed by atoms with Crippen molar-refractivity contribution >= 4 is 11.0 Å². The first-order valence-electron chi connectivity index (χ1n) is 6.66. The standard InChI is InChI=1S/C17H14O4/c18-17-10-9-14-15(7-4-8-16(14)21-17)20-12-11-19-13-5-2-1-3-6-13/h1-10H,11-12H2. The summed E-state index contributed by atoms with van der Waals surface area (Å²) in [5, 5.41) is 0.775. The number of benzene rings is 2. The molecule has 0 fully saturated rings. The van der Waals surface area contributed by atoms with Gasteiger partial charge in [-0.05, 0) is 30.3 Å². The molecule has 0 bridgehead atoms. The van der Waals surface area contributed by atoms with Crippen molar-refractivity contribution < 1.29 is 13.9 Å². The van der Waals surface area contributed by atoms with Gasteiger partial charge in [0.1, 0.15) is 30.3 Å². The third-order valence-electron chi connectivity index (χ3n) is 2.98. The topological polar surface area (TPSA) is 48.7 Å². The van der Waals surface area contributed by atoms with Crippen LogP contribution in [0.2, 0.25) is 0 Å². The van der Waals surface area contributed by atoms with E-state index in [0.29, 0.717) is 24.5 Å². The molecule has 0 N–H and O–H groups in total. The van der Waals surface area contributed by atoms with E-state index < -0.39 is 0 Å². The fourth-order valence-corrected chi connectivity index (χ4v) is 2.02. The molecule has 0 saturated heterocycles. The minimum atomic E-state index is -0.368. The molecule has 1 heterocycles. The van der Waals surface area contributed by atoms with Gasteiger partial charge < -0.3 is 13.9 Å². The number of ether oxygens (including phenoxy) is 2. The predicted molar refractivity (Wildman–Crippen MR) is 79.9 cm³/mol. The Bertz CT molecular complexity index is 777. The van der Waals surface area contributed by atoms with E-state index in [-0.39, 0.29) is 5.63 Å². The highest BCUT2D eigenvalue weighted by Crippen LogP contribution is 2.24. The maximum absolute atomic E-state index is 11.2. The smallest absolute Gasteiger partial charge is 0.336 e. The third-order valence-corrected chi connectivity index (χ3v) is 2.98. The molecule has 0 amide bonds. The SMILES string of the molecule is O=c1ccc2c(OCCOc3ccccc3)cccc2o1. The van der Waals surface area contributed by atoms with E-state index in [1.54, 1.807) is 18.2 Å². The average molecular weight is 282 g/mol. The molecule has 21 heavy (non-hydrogen) atoms. The lowest BCUT2D eigenvalue weighted by Crippen LogP contribution is -2.09. The second kappa shape index (κ2) is 6.13. The molecule has 0 aliphatic carbocycles. The number of para-hydroxylation sites is 1. The molecule has 1 aromatic heterocycles. The molecule has 0 saturated carbocycles. The van der Waals surface area contributed by atoms with Crippen LogP contribution in [-0.2, 0) is 0 Å². The highest BCUT2D eigenvalue weighted by atomic mass is 16.5. The number of rotatable bonds is 5. The lowest BCUT2D eigenvalue weighted by Gasteiger charge is -2.09. The lowest BCUT2D eigenvalue weighted by atomic mass is 10.2. The maximum atomic E-state index is 11.2. The normalized spacial score (nSPS) is 10.5. The summed E-state index contributed by atoms with van der Waals surface area (Å²) in [5.41, 5.74) is 0.149. The fourth-order valence-electron chi connectivity index (χ4n) is 2.02. The van der Waals surface area contributed by atoms with Gasteiger partial charge in [0.05, 0.1) is 5.39 Å². The van der Waals surface area contributed by atoms with Gasteiger partial charge in [0.15, 0.2) is 0 Å². The van der Waals surface area contributed by atoms with E-state index in [4.69, 9.17) is 13.9 Å². The van der Waals surface area contributed by atoms with Gasteiger partial charge in [-0.25, -0.2) is 4.79 Å². The summed E-state index contributed by atoms with van der Waals surface area (Å²) in [6.07, 6.45) is 0. The zero-order valence-electron chi connectivity index (χ0n) is 11.3.